The first-order valence-electron chi connectivity index (χ1n) is 8.33. The van der Waals surface area contributed by atoms with Crippen LogP contribution < -0.4 is 16.4 Å². The third-order valence-electron chi connectivity index (χ3n) is 4.50. The van der Waals surface area contributed by atoms with E-state index in [-0.39, 0.29) is 12.1 Å². The summed E-state index contributed by atoms with van der Waals surface area (Å²) in [5.41, 5.74) is 8.12. The van der Waals surface area contributed by atoms with Crippen molar-refractivity contribution in [3.05, 3.63) is 36.7 Å². The number of fused-ring (bicyclic) bond motifs is 1. The van der Waals surface area contributed by atoms with Crippen molar-refractivity contribution in [3.8, 4) is 0 Å². The van der Waals surface area contributed by atoms with Crippen LogP contribution in [0.4, 0.5) is 17.5 Å². The van der Waals surface area contributed by atoms with Crippen LogP contribution in [0.5, 0.6) is 0 Å². The van der Waals surface area contributed by atoms with Crippen LogP contribution in [0, 0.1) is 0 Å². The molecule has 0 radical (unpaired) electrons. The average molecular weight is 323 g/mol. The highest BCUT2D eigenvalue weighted by Gasteiger charge is 2.22. The van der Waals surface area contributed by atoms with Gasteiger partial charge in [0.1, 0.15) is 5.82 Å². The lowest BCUT2D eigenvalue weighted by Gasteiger charge is -2.29. The second-order valence-electron chi connectivity index (χ2n) is 6.26. The molecule has 4 rings (SSSR count). The van der Waals surface area contributed by atoms with Gasteiger partial charge in [0.05, 0.1) is 11.7 Å². The predicted octanol–water partition coefficient (Wildman–Crippen LogP) is 2.78. The first kappa shape index (κ1) is 14.9. The van der Waals surface area contributed by atoms with E-state index in [1.165, 1.54) is 12.8 Å². The molecule has 5 N–H and O–H groups in total. The van der Waals surface area contributed by atoms with Crippen molar-refractivity contribution in [3.63, 3.8) is 0 Å². The number of anilines is 3. The topological polar surface area (TPSA) is 105 Å². The maximum atomic E-state index is 6.19. The fourth-order valence-corrected chi connectivity index (χ4v) is 3.17. The first-order chi connectivity index (χ1) is 11.8. The minimum atomic E-state index is 0.168. The molecule has 7 nitrogen and oxygen atoms in total. The fourth-order valence-electron chi connectivity index (χ4n) is 3.17. The molecule has 24 heavy (non-hydrogen) atoms. The van der Waals surface area contributed by atoms with E-state index in [9.17, 15) is 0 Å². The number of aromatic amines is 1. The highest BCUT2D eigenvalue weighted by molar-refractivity contribution is 5.82. The highest BCUT2D eigenvalue weighted by Crippen LogP contribution is 2.22. The summed E-state index contributed by atoms with van der Waals surface area (Å²) in [7, 11) is 0. The summed E-state index contributed by atoms with van der Waals surface area (Å²) < 4.78 is 0. The van der Waals surface area contributed by atoms with Gasteiger partial charge in [-0.25, -0.2) is 4.98 Å². The Bertz CT molecular complexity index is 828. The normalized spacial score (nSPS) is 20.9. The zero-order valence-corrected chi connectivity index (χ0v) is 13.4. The third kappa shape index (κ3) is 3.16. The van der Waals surface area contributed by atoms with Crippen LogP contribution in [0.2, 0.25) is 0 Å². The second-order valence-corrected chi connectivity index (χ2v) is 6.26. The van der Waals surface area contributed by atoms with Crippen molar-refractivity contribution in [1.29, 1.82) is 0 Å². The number of rotatable bonds is 4. The van der Waals surface area contributed by atoms with Crippen LogP contribution >= 0.6 is 0 Å². The molecule has 0 unspecified atom stereocenters. The standard InChI is InChI=1S/C17H21N7/c18-13-3-1-2-4-14(13)22-17-19-8-7-16(23-17)21-12-6-5-11-10-20-24-15(11)9-12/h5-10,13-14H,1-4,18H2,(H,20,24)(H2,19,21,22,23)/t13-,14+/m0/s1. The van der Waals surface area contributed by atoms with Gasteiger partial charge in [-0.2, -0.15) is 10.1 Å². The minimum absolute atomic E-state index is 0.168. The van der Waals surface area contributed by atoms with Crippen molar-refractivity contribution in [2.75, 3.05) is 10.6 Å². The van der Waals surface area contributed by atoms with Crippen molar-refractivity contribution in [2.24, 2.45) is 5.73 Å². The van der Waals surface area contributed by atoms with Crippen LogP contribution in [0.25, 0.3) is 10.9 Å². The Labute approximate surface area is 140 Å². The largest absolute Gasteiger partial charge is 0.350 e. The lowest BCUT2D eigenvalue weighted by Crippen LogP contribution is -2.42. The summed E-state index contributed by atoms with van der Waals surface area (Å²) >= 11 is 0. The van der Waals surface area contributed by atoms with Gasteiger partial charge in [-0.1, -0.05) is 12.8 Å². The molecular formula is C17H21N7. The van der Waals surface area contributed by atoms with Crippen LogP contribution in [-0.2, 0) is 0 Å². The Morgan fingerprint density at radius 2 is 2.08 bits per heavy atom. The third-order valence-corrected chi connectivity index (χ3v) is 4.50. The van der Waals surface area contributed by atoms with Gasteiger partial charge >= 0.3 is 0 Å². The summed E-state index contributed by atoms with van der Waals surface area (Å²) in [6.07, 6.45) is 8.09. The zero-order valence-electron chi connectivity index (χ0n) is 13.4. The first-order valence-corrected chi connectivity index (χ1v) is 8.33. The Morgan fingerprint density at radius 1 is 1.17 bits per heavy atom. The van der Waals surface area contributed by atoms with Crippen molar-refractivity contribution >= 4 is 28.4 Å². The van der Waals surface area contributed by atoms with Crippen LogP contribution in [0.15, 0.2) is 36.7 Å². The monoisotopic (exact) mass is 323 g/mol. The number of aromatic nitrogens is 4. The van der Waals surface area contributed by atoms with Gasteiger partial charge in [0, 0.05) is 29.4 Å². The molecule has 1 fully saturated rings. The number of hydrogen-bond acceptors (Lipinski definition) is 6. The van der Waals surface area contributed by atoms with Crippen LogP contribution in [-0.4, -0.2) is 32.2 Å². The number of hydrogen-bond donors (Lipinski definition) is 4. The zero-order chi connectivity index (χ0) is 16.4. The number of nitrogens with zero attached hydrogens (tertiary/aromatic N) is 3. The number of nitrogens with two attached hydrogens (primary N) is 1. The average Bonchev–Trinajstić information content (AvgIpc) is 3.05. The molecule has 0 aliphatic heterocycles. The van der Waals surface area contributed by atoms with Gasteiger partial charge in [0.2, 0.25) is 5.95 Å². The second kappa shape index (κ2) is 6.45. The van der Waals surface area contributed by atoms with Crippen LogP contribution in [0.3, 0.4) is 0 Å². The Kier molecular flexibility index (Phi) is 4.00. The molecule has 3 aromatic rings. The quantitative estimate of drug-likeness (QED) is 0.588. The van der Waals surface area contributed by atoms with E-state index >= 15 is 0 Å². The van der Waals surface area contributed by atoms with E-state index < -0.39 is 0 Å². The molecule has 0 bridgehead atoms. The number of H-pyrrole nitrogens is 1. The summed E-state index contributed by atoms with van der Waals surface area (Å²) in [4.78, 5) is 8.87. The van der Waals surface area contributed by atoms with Gasteiger partial charge in [-0.15, -0.1) is 0 Å². The summed E-state index contributed by atoms with van der Waals surface area (Å²) in [6, 6.07) is 8.29. The van der Waals surface area contributed by atoms with Crippen molar-refractivity contribution < 1.29 is 0 Å². The molecule has 0 amide bonds. The van der Waals surface area contributed by atoms with E-state index in [1.807, 2.05) is 24.3 Å². The molecule has 2 atom stereocenters. The van der Waals surface area contributed by atoms with Gasteiger partial charge in [0.25, 0.3) is 0 Å². The lowest BCUT2D eigenvalue weighted by molar-refractivity contribution is 0.402. The van der Waals surface area contributed by atoms with E-state index in [0.717, 1.165) is 35.2 Å². The predicted molar refractivity (Wildman–Crippen MR) is 95.3 cm³/mol. The van der Waals surface area contributed by atoms with Gasteiger partial charge in [-0.05, 0) is 37.1 Å². The van der Waals surface area contributed by atoms with Crippen LogP contribution in [0.1, 0.15) is 25.7 Å². The van der Waals surface area contributed by atoms with Crippen molar-refractivity contribution in [1.82, 2.24) is 20.2 Å². The summed E-state index contributed by atoms with van der Waals surface area (Å²) in [6.45, 7) is 0. The molecule has 0 saturated heterocycles. The Hall–Kier alpha value is -2.67. The molecule has 7 heteroatoms. The van der Waals surface area contributed by atoms with E-state index in [4.69, 9.17) is 5.73 Å². The molecule has 1 aliphatic carbocycles. The smallest absolute Gasteiger partial charge is 0.224 e. The Balaban J connectivity index is 1.49. The lowest BCUT2D eigenvalue weighted by atomic mass is 9.91. The molecule has 0 spiro atoms. The molecular weight excluding hydrogens is 302 g/mol. The van der Waals surface area contributed by atoms with Gasteiger partial charge < -0.3 is 16.4 Å². The molecule has 1 aromatic carbocycles. The van der Waals surface area contributed by atoms with Crippen molar-refractivity contribution in [2.45, 2.75) is 37.8 Å². The number of nitrogens with one attached hydrogen (secondary N) is 3. The SMILES string of the molecule is N[C@H]1CCCC[C@H]1Nc1nccc(Nc2ccc3cn[nH]c3c2)n1. The molecule has 1 aliphatic rings. The molecule has 124 valence electrons. The van der Waals surface area contributed by atoms with E-state index in [2.05, 4.69) is 30.8 Å². The molecule has 1 saturated carbocycles. The van der Waals surface area contributed by atoms with E-state index in [1.54, 1.807) is 12.4 Å². The molecule has 2 heterocycles. The Morgan fingerprint density at radius 3 is 3.00 bits per heavy atom. The minimum Gasteiger partial charge on any atom is -0.350 e. The molecule has 2 aromatic heterocycles. The fraction of sp³-hybridized carbons (Fsp3) is 0.353. The number of benzene rings is 1. The summed E-state index contributed by atoms with van der Waals surface area (Å²) in [5.74, 6) is 1.36. The van der Waals surface area contributed by atoms with Gasteiger partial charge in [-0.3, -0.25) is 5.10 Å². The maximum Gasteiger partial charge on any atom is 0.224 e. The van der Waals surface area contributed by atoms with E-state index in [0.29, 0.717) is 5.95 Å². The highest BCUT2D eigenvalue weighted by atomic mass is 15.2. The maximum absolute atomic E-state index is 6.19. The summed E-state index contributed by atoms with van der Waals surface area (Å²) in [5, 5.41) is 14.8. The van der Waals surface area contributed by atoms with Gasteiger partial charge in [0.15, 0.2) is 0 Å².